The van der Waals surface area contributed by atoms with Crippen LogP contribution in [0.2, 0.25) is 0 Å². The quantitative estimate of drug-likeness (QED) is 0.854. The fourth-order valence-electron chi connectivity index (χ4n) is 3.37. The van der Waals surface area contributed by atoms with E-state index in [-0.39, 0.29) is 5.88 Å². The Morgan fingerprint density at radius 2 is 1.74 bits per heavy atom. The smallest absolute Gasteiger partial charge is 0.201 e. The predicted octanol–water partition coefficient (Wildman–Crippen LogP) is 4.36. The van der Waals surface area contributed by atoms with Crippen molar-refractivity contribution in [2.24, 2.45) is 0 Å². The SMILES string of the molecule is C=Cc1ccc(CC2=C(O)N(c3ccccc3)C3=CC=C[CH]N3C2O)cc1. The first kappa shape index (κ1) is 17.2. The van der Waals surface area contributed by atoms with E-state index < -0.39 is 6.23 Å². The first-order valence-electron chi connectivity index (χ1n) is 8.86. The Bertz CT molecular complexity index is 927. The van der Waals surface area contributed by atoms with Crippen LogP contribution in [-0.4, -0.2) is 21.3 Å². The number of nitrogens with zero attached hydrogens (tertiary/aromatic N) is 2. The van der Waals surface area contributed by atoms with Gasteiger partial charge < -0.3 is 15.1 Å². The third-order valence-electron chi connectivity index (χ3n) is 4.80. The van der Waals surface area contributed by atoms with E-state index in [0.29, 0.717) is 17.8 Å². The van der Waals surface area contributed by atoms with Crippen LogP contribution in [0.1, 0.15) is 11.1 Å². The first-order valence-corrected chi connectivity index (χ1v) is 8.86. The number of hydrogen-bond acceptors (Lipinski definition) is 4. The van der Waals surface area contributed by atoms with E-state index in [1.165, 1.54) is 0 Å². The first-order chi connectivity index (χ1) is 13.2. The van der Waals surface area contributed by atoms with Gasteiger partial charge in [-0.25, -0.2) is 0 Å². The molecule has 4 nitrogen and oxygen atoms in total. The topological polar surface area (TPSA) is 46.9 Å². The lowest BCUT2D eigenvalue weighted by atomic mass is 9.99. The maximum absolute atomic E-state index is 11.1. The van der Waals surface area contributed by atoms with Crippen molar-refractivity contribution in [3.63, 3.8) is 0 Å². The van der Waals surface area contributed by atoms with Crippen LogP contribution in [0.25, 0.3) is 6.08 Å². The molecule has 0 aromatic heterocycles. The maximum atomic E-state index is 11.1. The van der Waals surface area contributed by atoms with Crippen molar-refractivity contribution in [1.29, 1.82) is 0 Å². The summed E-state index contributed by atoms with van der Waals surface area (Å²) in [5.74, 6) is 0.771. The van der Waals surface area contributed by atoms with Crippen molar-refractivity contribution in [2.75, 3.05) is 4.90 Å². The van der Waals surface area contributed by atoms with Gasteiger partial charge in [0.2, 0.25) is 5.88 Å². The fraction of sp³-hybridized carbons (Fsp3) is 0.0870. The van der Waals surface area contributed by atoms with Crippen molar-refractivity contribution >= 4 is 11.8 Å². The van der Waals surface area contributed by atoms with Gasteiger partial charge in [0.15, 0.2) is 6.23 Å². The molecular formula is C23H21N2O2. The zero-order chi connectivity index (χ0) is 18.8. The second-order valence-electron chi connectivity index (χ2n) is 6.48. The van der Waals surface area contributed by atoms with E-state index in [2.05, 4.69) is 6.58 Å². The molecule has 1 radical (unpaired) electrons. The second-order valence-corrected chi connectivity index (χ2v) is 6.48. The van der Waals surface area contributed by atoms with Crippen molar-refractivity contribution in [2.45, 2.75) is 12.6 Å². The number of aliphatic hydroxyl groups is 2. The normalized spacial score (nSPS) is 19.0. The third-order valence-corrected chi connectivity index (χ3v) is 4.80. The van der Waals surface area contributed by atoms with Gasteiger partial charge in [-0.2, -0.15) is 0 Å². The molecule has 1 atom stereocenters. The lowest BCUT2D eigenvalue weighted by Gasteiger charge is -2.44. The number of hydrogen-bond donors (Lipinski definition) is 2. The molecule has 0 bridgehead atoms. The molecule has 4 rings (SSSR count). The summed E-state index contributed by atoms with van der Waals surface area (Å²) in [6, 6.07) is 17.6. The van der Waals surface area contributed by atoms with Crippen molar-refractivity contribution < 1.29 is 10.2 Å². The van der Waals surface area contributed by atoms with Crippen LogP contribution in [0.5, 0.6) is 0 Å². The Kier molecular flexibility index (Phi) is 4.57. The molecule has 1 unspecified atom stereocenters. The van der Waals surface area contributed by atoms with Gasteiger partial charge in [-0.05, 0) is 29.3 Å². The van der Waals surface area contributed by atoms with Crippen LogP contribution in [0, 0.1) is 6.54 Å². The summed E-state index contributed by atoms with van der Waals surface area (Å²) in [6.45, 7) is 5.59. The summed E-state index contributed by atoms with van der Waals surface area (Å²) in [6.07, 6.45) is 6.94. The fourth-order valence-corrected chi connectivity index (χ4v) is 3.37. The van der Waals surface area contributed by atoms with Crippen LogP contribution in [0.15, 0.2) is 96.7 Å². The van der Waals surface area contributed by atoms with Gasteiger partial charge in [-0.15, -0.1) is 0 Å². The van der Waals surface area contributed by atoms with E-state index in [4.69, 9.17) is 0 Å². The van der Waals surface area contributed by atoms with E-state index in [9.17, 15) is 10.2 Å². The van der Waals surface area contributed by atoms with Gasteiger partial charge in [0.05, 0.1) is 12.2 Å². The molecule has 2 aliphatic heterocycles. The minimum atomic E-state index is -0.930. The summed E-state index contributed by atoms with van der Waals surface area (Å²) in [4.78, 5) is 3.53. The second kappa shape index (κ2) is 7.17. The highest BCUT2D eigenvalue weighted by Gasteiger charge is 2.37. The number of fused-ring (bicyclic) bond motifs is 1. The molecule has 2 aliphatic rings. The molecule has 27 heavy (non-hydrogen) atoms. The number of benzene rings is 2. The summed E-state index contributed by atoms with van der Waals surface area (Å²) >= 11 is 0. The predicted molar refractivity (Wildman–Crippen MR) is 108 cm³/mol. The van der Waals surface area contributed by atoms with Gasteiger partial charge >= 0.3 is 0 Å². The highest BCUT2D eigenvalue weighted by molar-refractivity contribution is 5.60. The van der Waals surface area contributed by atoms with E-state index in [1.54, 1.807) is 15.9 Å². The van der Waals surface area contributed by atoms with Crippen LogP contribution in [0.4, 0.5) is 5.69 Å². The number of rotatable bonds is 4. The van der Waals surface area contributed by atoms with Crippen LogP contribution in [-0.2, 0) is 6.42 Å². The molecule has 2 aromatic carbocycles. The Hall–Kier alpha value is -3.24. The van der Waals surface area contributed by atoms with Crippen LogP contribution in [0.3, 0.4) is 0 Å². The standard InChI is InChI=1S/C23H21N2O2/c1-2-17-11-13-18(14-12-17)16-20-22(26)24-15-7-6-10-21(24)25(23(20)27)19-8-4-3-5-9-19/h2-15,22,26-27H,1,16H2. The Morgan fingerprint density at radius 1 is 1.00 bits per heavy atom. The van der Waals surface area contributed by atoms with E-state index in [0.717, 1.165) is 16.8 Å². The molecule has 4 heteroatoms. The maximum Gasteiger partial charge on any atom is 0.201 e. The lowest BCUT2D eigenvalue weighted by Crippen LogP contribution is -2.47. The average molecular weight is 357 g/mol. The Balaban J connectivity index is 1.77. The molecule has 0 saturated carbocycles. The molecule has 135 valence electrons. The monoisotopic (exact) mass is 357 g/mol. The summed E-state index contributed by atoms with van der Waals surface area (Å²) in [7, 11) is 0. The molecule has 0 saturated heterocycles. The number of allylic oxidation sites excluding steroid dienone is 2. The number of anilines is 1. The van der Waals surface area contributed by atoms with Crippen LogP contribution < -0.4 is 4.90 Å². The molecule has 2 heterocycles. The van der Waals surface area contributed by atoms with Gasteiger partial charge in [0.25, 0.3) is 0 Å². The summed E-state index contributed by atoms with van der Waals surface area (Å²) in [5, 5.41) is 22.0. The highest BCUT2D eigenvalue weighted by Crippen LogP contribution is 2.37. The third kappa shape index (κ3) is 3.15. The zero-order valence-corrected chi connectivity index (χ0v) is 14.9. The number of para-hydroxylation sites is 1. The lowest BCUT2D eigenvalue weighted by molar-refractivity contribution is 0.0639. The summed E-state index contributed by atoms with van der Waals surface area (Å²) < 4.78 is 0. The summed E-state index contributed by atoms with van der Waals surface area (Å²) in [5.41, 5.74) is 3.43. The molecule has 2 aromatic rings. The Labute approximate surface area is 159 Å². The van der Waals surface area contributed by atoms with Gasteiger partial charge in [0.1, 0.15) is 5.82 Å². The van der Waals surface area contributed by atoms with Crippen molar-refractivity contribution in [1.82, 2.24) is 4.90 Å². The zero-order valence-electron chi connectivity index (χ0n) is 14.9. The molecule has 2 N–H and O–H groups in total. The average Bonchev–Trinajstić information content (AvgIpc) is 2.72. The molecular weight excluding hydrogens is 336 g/mol. The largest absolute Gasteiger partial charge is 0.494 e. The molecule has 0 spiro atoms. The minimum absolute atomic E-state index is 0.0627. The van der Waals surface area contributed by atoms with Gasteiger partial charge in [-0.1, -0.05) is 67.3 Å². The van der Waals surface area contributed by atoms with Crippen LogP contribution >= 0.6 is 0 Å². The molecule has 0 aliphatic carbocycles. The van der Waals surface area contributed by atoms with Crippen molar-refractivity contribution in [3.05, 3.63) is 114 Å². The van der Waals surface area contributed by atoms with Crippen molar-refractivity contribution in [3.8, 4) is 0 Å². The minimum Gasteiger partial charge on any atom is -0.494 e. The molecule has 0 fully saturated rings. The molecule has 0 amide bonds. The van der Waals surface area contributed by atoms with E-state index >= 15 is 0 Å². The van der Waals surface area contributed by atoms with Gasteiger partial charge in [0, 0.05) is 12.0 Å². The number of aliphatic hydroxyl groups excluding tert-OH is 2. The van der Waals surface area contributed by atoms with E-state index in [1.807, 2.05) is 79.4 Å². The Morgan fingerprint density at radius 3 is 2.44 bits per heavy atom. The van der Waals surface area contributed by atoms with Gasteiger partial charge in [-0.3, -0.25) is 4.90 Å². The highest BCUT2D eigenvalue weighted by atomic mass is 16.3.